The largest absolute Gasteiger partial charge is 0.480 e. The summed E-state index contributed by atoms with van der Waals surface area (Å²) in [6.45, 7) is -0.173. The van der Waals surface area contributed by atoms with E-state index in [0.717, 1.165) is 17.9 Å². The lowest BCUT2D eigenvalue weighted by atomic mass is 10.3. The summed E-state index contributed by atoms with van der Waals surface area (Å²) < 4.78 is 1.91. The third-order valence-corrected chi connectivity index (χ3v) is 2.62. The van der Waals surface area contributed by atoms with Crippen molar-refractivity contribution in [3.63, 3.8) is 0 Å². The highest BCUT2D eigenvalue weighted by Crippen LogP contribution is 1.95. The number of carbonyl (C=O) groups is 3. The molecule has 1 heterocycles. The summed E-state index contributed by atoms with van der Waals surface area (Å²) in [5.41, 5.74) is 0. The Labute approximate surface area is 121 Å². The molecule has 9 nitrogen and oxygen atoms in total. The third kappa shape index (κ3) is 6.95. The number of nitrogens with one attached hydrogen (secondary N) is 1. The minimum Gasteiger partial charge on any atom is -0.480 e. The fourth-order valence-corrected chi connectivity index (χ4v) is 1.67. The Hall–Kier alpha value is -2.58. The van der Waals surface area contributed by atoms with Crippen LogP contribution in [0.2, 0.25) is 0 Å². The number of carboxylic acids is 2. The number of nitrogens with zero attached hydrogens (tertiary/aromatic N) is 3. The van der Waals surface area contributed by atoms with E-state index >= 15 is 0 Å². The van der Waals surface area contributed by atoms with Crippen molar-refractivity contribution in [1.29, 1.82) is 0 Å². The molecule has 0 unspecified atom stereocenters. The van der Waals surface area contributed by atoms with Crippen LogP contribution in [-0.4, -0.2) is 62.3 Å². The molecule has 0 aliphatic heterocycles. The molecule has 0 aromatic carbocycles. The standard InChI is InChI=1S/C12H18N4O5/c17-10(18)7-16(8-11(19)20)12(21)14-3-1-2-5-15-6-4-13-9-15/h4,6,9H,1-3,5,7-8H2,(H,14,21)(H,17,18)(H,19,20). The highest BCUT2D eigenvalue weighted by Gasteiger charge is 2.18. The minimum absolute atomic E-state index is 0.350. The number of hydrogen-bond acceptors (Lipinski definition) is 4. The smallest absolute Gasteiger partial charge is 0.323 e. The fourth-order valence-electron chi connectivity index (χ4n) is 1.67. The van der Waals surface area contributed by atoms with Gasteiger partial charge in [0, 0.05) is 25.5 Å². The number of carboxylic acid groups (broad SMARTS) is 2. The first-order chi connectivity index (χ1) is 9.99. The van der Waals surface area contributed by atoms with Gasteiger partial charge in [0.25, 0.3) is 0 Å². The van der Waals surface area contributed by atoms with Gasteiger partial charge in [-0.3, -0.25) is 9.59 Å². The highest BCUT2D eigenvalue weighted by atomic mass is 16.4. The molecule has 3 N–H and O–H groups in total. The number of aryl methyl sites for hydroxylation is 1. The van der Waals surface area contributed by atoms with Gasteiger partial charge in [0.1, 0.15) is 13.1 Å². The van der Waals surface area contributed by atoms with Crippen LogP contribution in [0.4, 0.5) is 4.79 Å². The van der Waals surface area contributed by atoms with E-state index in [1.54, 1.807) is 12.5 Å². The molecule has 0 saturated heterocycles. The quantitative estimate of drug-likeness (QED) is 0.544. The van der Waals surface area contributed by atoms with Crippen LogP contribution in [0.25, 0.3) is 0 Å². The minimum atomic E-state index is -1.26. The Kier molecular flexibility index (Phi) is 6.72. The first-order valence-corrected chi connectivity index (χ1v) is 6.41. The summed E-state index contributed by atoms with van der Waals surface area (Å²) in [5.74, 6) is -2.52. The van der Waals surface area contributed by atoms with Gasteiger partial charge < -0.3 is 25.0 Å². The molecule has 21 heavy (non-hydrogen) atoms. The number of rotatable bonds is 9. The number of hydrogen-bond donors (Lipinski definition) is 3. The maximum Gasteiger partial charge on any atom is 0.323 e. The fraction of sp³-hybridized carbons (Fsp3) is 0.500. The van der Waals surface area contributed by atoms with Crippen molar-refractivity contribution in [2.75, 3.05) is 19.6 Å². The number of aliphatic carboxylic acids is 2. The summed E-state index contributed by atoms with van der Waals surface area (Å²) in [4.78, 5) is 37.5. The Balaban J connectivity index is 2.25. The van der Waals surface area contributed by atoms with Crippen LogP contribution in [0.5, 0.6) is 0 Å². The average Bonchev–Trinajstić information content (AvgIpc) is 2.89. The van der Waals surface area contributed by atoms with Crippen LogP contribution >= 0.6 is 0 Å². The van der Waals surface area contributed by atoms with Crippen LogP contribution in [0, 0.1) is 0 Å². The van der Waals surface area contributed by atoms with Gasteiger partial charge in [-0.05, 0) is 12.8 Å². The lowest BCUT2D eigenvalue weighted by molar-refractivity contribution is -0.140. The van der Waals surface area contributed by atoms with Crippen molar-refractivity contribution < 1.29 is 24.6 Å². The van der Waals surface area contributed by atoms with E-state index in [1.165, 1.54) is 0 Å². The van der Waals surface area contributed by atoms with Gasteiger partial charge in [-0.15, -0.1) is 0 Å². The summed E-state index contributed by atoms with van der Waals surface area (Å²) in [5, 5.41) is 19.8. The van der Waals surface area contributed by atoms with Crippen LogP contribution in [-0.2, 0) is 16.1 Å². The van der Waals surface area contributed by atoms with Gasteiger partial charge in [0.2, 0.25) is 0 Å². The highest BCUT2D eigenvalue weighted by molar-refractivity contribution is 5.84. The second-order valence-electron chi connectivity index (χ2n) is 4.38. The maximum absolute atomic E-state index is 11.7. The van der Waals surface area contributed by atoms with Crippen molar-refractivity contribution in [2.45, 2.75) is 19.4 Å². The van der Waals surface area contributed by atoms with Gasteiger partial charge in [-0.1, -0.05) is 0 Å². The molecule has 116 valence electrons. The molecule has 2 amide bonds. The Morgan fingerprint density at radius 2 is 1.81 bits per heavy atom. The molecule has 0 bridgehead atoms. The van der Waals surface area contributed by atoms with E-state index in [1.807, 2.05) is 10.8 Å². The first-order valence-electron chi connectivity index (χ1n) is 6.41. The molecule has 0 spiro atoms. The molecule has 0 fully saturated rings. The average molecular weight is 298 g/mol. The van der Waals surface area contributed by atoms with Crippen LogP contribution in [0.3, 0.4) is 0 Å². The van der Waals surface area contributed by atoms with Crippen LogP contribution in [0.15, 0.2) is 18.7 Å². The molecule has 1 rings (SSSR count). The summed E-state index contributed by atoms with van der Waals surface area (Å²) in [7, 11) is 0. The van der Waals surface area contributed by atoms with Gasteiger partial charge >= 0.3 is 18.0 Å². The lowest BCUT2D eigenvalue weighted by Gasteiger charge is -2.19. The number of unbranched alkanes of at least 4 members (excludes halogenated alkanes) is 1. The van der Waals surface area contributed by atoms with Crippen molar-refractivity contribution >= 4 is 18.0 Å². The predicted octanol–water partition coefficient (Wildman–Crippen LogP) is -0.156. The number of urea groups is 1. The molecule has 0 radical (unpaired) electrons. The van der Waals surface area contributed by atoms with Gasteiger partial charge in [0.15, 0.2) is 0 Å². The monoisotopic (exact) mass is 298 g/mol. The second-order valence-corrected chi connectivity index (χ2v) is 4.38. The predicted molar refractivity (Wildman–Crippen MR) is 71.7 cm³/mol. The Morgan fingerprint density at radius 3 is 2.33 bits per heavy atom. The summed E-state index contributed by atoms with van der Waals surface area (Å²) in [6, 6.07) is -0.692. The number of carbonyl (C=O) groups excluding carboxylic acids is 1. The van der Waals surface area contributed by atoms with E-state index < -0.39 is 31.1 Å². The van der Waals surface area contributed by atoms with Gasteiger partial charge in [-0.25, -0.2) is 9.78 Å². The van der Waals surface area contributed by atoms with Crippen molar-refractivity contribution in [3.05, 3.63) is 18.7 Å². The molecule has 9 heteroatoms. The van der Waals surface area contributed by atoms with Gasteiger partial charge in [-0.2, -0.15) is 0 Å². The lowest BCUT2D eigenvalue weighted by Crippen LogP contribution is -2.45. The zero-order valence-corrected chi connectivity index (χ0v) is 11.4. The molecule has 0 aliphatic rings. The van der Waals surface area contributed by atoms with Gasteiger partial charge in [0.05, 0.1) is 6.33 Å². The zero-order valence-electron chi connectivity index (χ0n) is 11.4. The van der Waals surface area contributed by atoms with Crippen LogP contribution < -0.4 is 5.32 Å². The zero-order chi connectivity index (χ0) is 15.7. The second kappa shape index (κ2) is 8.56. The number of imidazole rings is 1. The first kappa shape index (κ1) is 16.5. The van der Waals surface area contributed by atoms with E-state index in [4.69, 9.17) is 10.2 Å². The molecule has 0 atom stereocenters. The van der Waals surface area contributed by atoms with Crippen molar-refractivity contribution in [1.82, 2.24) is 19.8 Å². The normalized spacial score (nSPS) is 10.1. The molecule has 1 aromatic heterocycles. The van der Waals surface area contributed by atoms with Crippen molar-refractivity contribution in [2.24, 2.45) is 0 Å². The van der Waals surface area contributed by atoms with E-state index in [2.05, 4.69) is 10.3 Å². The summed E-state index contributed by atoms with van der Waals surface area (Å²) >= 11 is 0. The molecule has 0 saturated carbocycles. The SMILES string of the molecule is O=C(O)CN(CC(=O)O)C(=O)NCCCCn1ccnc1. The Morgan fingerprint density at radius 1 is 1.14 bits per heavy atom. The summed E-state index contributed by atoms with van der Waals surface area (Å²) in [6.07, 6.45) is 6.71. The molecular formula is C12H18N4O5. The maximum atomic E-state index is 11.7. The number of amides is 2. The number of aromatic nitrogens is 2. The van der Waals surface area contributed by atoms with E-state index in [-0.39, 0.29) is 0 Å². The Bertz CT molecular complexity index is 458. The topological polar surface area (TPSA) is 125 Å². The van der Waals surface area contributed by atoms with E-state index in [9.17, 15) is 14.4 Å². The van der Waals surface area contributed by atoms with E-state index in [0.29, 0.717) is 13.0 Å². The third-order valence-electron chi connectivity index (χ3n) is 2.62. The van der Waals surface area contributed by atoms with Crippen LogP contribution in [0.1, 0.15) is 12.8 Å². The molecule has 1 aromatic rings. The molecular weight excluding hydrogens is 280 g/mol. The molecule has 0 aliphatic carbocycles. The van der Waals surface area contributed by atoms with Crippen molar-refractivity contribution in [3.8, 4) is 0 Å².